The van der Waals surface area contributed by atoms with Gasteiger partial charge in [-0.2, -0.15) is 0 Å². The second-order valence-corrected chi connectivity index (χ2v) is 5.20. The molecule has 0 aliphatic rings. The van der Waals surface area contributed by atoms with Gasteiger partial charge >= 0.3 is 0 Å². The number of aldehydes is 1. The number of pyridine rings is 1. The van der Waals surface area contributed by atoms with Crippen LogP contribution in [-0.4, -0.2) is 22.3 Å². The SMILES string of the molecule is CCCOc1ccc(-c2nc3cccc(C)n3c2C=O)cc1. The number of aromatic nitrogens is 2. The molecule has 0 saturated heterocycles. The van der Waals surface area contributed by atoms with E-state index in [1.807, 2.05) is 53.8 Å². The fraction of sp³-hybridized carbons (Fsp3) is 0.222. The summed E-state index contributed by atoms with van der Waals surface area (Å²) in [5.41, 5.74) is 3.96. The summed E-state index contributed by atoms with van der Waals surface area (Å²) in [6, 6.07) is 13.5. The first-order chi connectivity index (χ1) is 10.7. The third kappa shape index (κ3) is 2.48. The van der Waals surface area contributed by atoms with E-state index in [1.54, 1.807) is 0 Å². The molecular formula is C18H18N2O2. The van der Waals surface area contributed by atoms with E-state index in [1.165, 1.54) is 0 Å². The van der Waals surface area contributed by atoms with Crippen molar-refractivity contribution in [1.29, 1.82) is 0 Å². The number of nitrogens with zero attached hydrogens (tertiary/aromatic N) is 2. The fourth-order valence-electron chi connectivity index (χ4n) is 2.53. The number of rotatable bonds is 5. The Morgan fingerprint density at radius 1 is 1.18 bits per heavy atom. The molecule has 2 heterocycles. The summed E-state index contributed by atoms with van der Waals surface area (Å²) in [5.74, 6) is 0.832. The van der Waals surface area contributed by atoms with E-state index >= 15 is 0 Å². The van der Waals surface area contributed by atoms with E-state index < -0.39 is 0 Å². The Kier molecular flexibility index (Phi) is 3.92. The van der Waals surface area contributed by atoms with Gasteiger partial charge in [-0.05, 0) is 49.7 Å². The summed E-state index contributed by atoms with van der Waals surface area (Å²) < 4.78 is 7.46. The lowest BCUT2D eigenvalue weighted by Gasteiger charge is -2.05. The average molecular weight is 294 g/mol. The molecule has 0 spiro atoms. The Hall–Kier alpha value is -2.62. The molecule has 3 aromatic rings. The summed E-state index contributed by atoms with van der Waals surface area (Å²) in [7, 11) is 0. The molecule has 0 bridgehead atoms. The minimum absolute atomic E-state index is 0.579. The van der Waals surface area contributed by atoms with Crippen molar-refractivity contribution in [2.24, 2.45) is 0 Å². The summed E-state index contributed by atoms with van der Waals surface area (Å²) in [4.78, 5) is 16.1. The third-order valence-corrected chi connectivity index (χ3v) is 3.59. The maximum atomic E-state index is 11.6. The molecule has 0 fully saturated rings. The first-order valence-corrected chi connectivity index (χ1v) is 7.41. The van der Waals surface area contributed by atoms with Crippen molar-refractivity contribution < 1.29 is 9.53 Å². The zero-order valence-electron chi connectivity index (χ0n) is 12.7. The Morgan fingerprint density at radius 2 is 1.95 bits per heavy atom. The minimum Gasteiger partial charge on any atom is -0.494 e. The lowest BCUT2D eigenvalue weighted by atomic mass is 10.1. The molecule has 112 valence electrons. The van der Waals surface area contributed by atoms with E-state index in [0.717, 1.165) is 35.4 Å². The van der Waals surface area contributed by atoms with Gasteiger partial charge in [-0.3, -0.25) is 9.20 Å². The average Bonchev–Trinajstić information content (AvgIpc) is 2.93. The van der Waals surface area contributed by atoms with Crippen molar-refractivity contribution in [3.8, 4) is 17.0 Å². The largest absolute Gasteiger partial charge is 0.494 e. The van der Waals surface area contributed by atoms with Crippen LogP contribution in [0.25, 0.3) is 16.9 Å². The number of benzene rings is 1. The highest BCUT2D eigenvalue weighted by Crippen LogP contribution is 2.26. The van der Waals surface area contributed by atoms with Gasteiger partial charge in [-0.15, -0.1) is 0 Å². The smallest absolute Gasteiger partial charge is 0.169 e. The van der Waals surface area contributed by atoms with E-state index in [2.05, 4.69) is 11.9 Å². The van der Waals surface area contributed by atoms with Gasteiger partial charge in [0.15, 0.2) is 6.29 Å². The molecule has 2 aromatic heterocycles. The summed E-state index contributed by atoms with van der Waals surface area (Å²) in [6.45, 7) is 4.74. The van der Waals surface area contributed by atoms with Crippen LogP contribution in [0.1, 0.15) is 29.5 Å². The molecule has 0 unspecified atom stereocenters. The normalized spacial score (nSPS) is 10.8. The maximum Gasteiger partial charge on any atom is 0.169 e. The minimum atomic E-state index is 0.579. The van der Waals surface area contributed by atoms with Gasteiger partial charge in [0, 0.05) is 11.3 Å². The molecule has 0 aliphatic carbocycles. The topological polar surface area (TPSA) is 43.6 Å². The molecule has 0 atom stereocenters. The molecule has 0 aliphatic heterocycles. The number of carbonyl (C=O) groups excluding carboxylic acids is 1. The Bertz CT molecular complexity index is 804. The van der Waals surface area contributed by atoms with Gasteiger partial charge in [-0.25, -0.2) is 4.98 Å². The van der Waals surface area contributed by atoms with Crippen LogP contribution in [0, 0.1) is 6.92 Å². The van der Waals surface area contributed by atoms with Gasteiger partial charge in [0.25, 0.3) is 0 Å². The highest BCUT2D eigenvalue weighted by Gasteiger charge is 2.14. The Labute approximate surface area is 129 Å². The standard InChI is InChI=1S/C18H18N2O2/c1-3-11-22-15-9-7-14(8-10-15)18-16(12-21)20-13(2)5-4-6-17(20)19-18/h4-10,12H,3,11H2,1-2H3. The fourth-order valence-corrected chi connectivity index (χ4v) is 2.53. The molecule has 0 amide bonds. The van der Waals surface area contributed by atoms with E-state index in [-0.39, 0.29) is 0 Å². The van der Waals surface area contributed by atoms with Gasteiger partial charge < -0.3 is 4.74 Å². The summed E-state index contributed by atoms with van der Waals surface area (Å²) >= 11 is 0. The molecule has 1 aromatic carbocycles. The number of carbonyl (C=O) groups is 1. The predicted molar refractivity (Wildman–Crippen MR) is 86.5 cm³/mol. The van der Waals surface area contributed by atoms with Crippen LogP contribution in [0.5, 0.6) is 5.75 Å². The second-order valence-electron chi connectivity index (χ2n) is 5.20. The first-order valence-electron chi connectivity index (χ1n) is 7.41. The van der Waals surface area contributed by atoms with Crippen molar-refractivity contribution in [2.75, 3.05) is 6.61 Å². The van der Waals surface area contributed by atoms with Crippen LogP contribution in [0.15, 0.2) is 42.5 Å². The summed E-state index contributed by atoms with van der Waals surface area (Å²) in [6.07, 6.45) is 1.84. The van der Waals surface area contributed by atoms with Crippen LogP contribution < -0.4 is 4.74 Å². The van der Waals surface area contributed by atoms with E-state index in [4.69, 9.17) is 4.74 Å². The molecule has 0 N–H and O–H groups in total. The lowest BCUT2D eigenvalue weighted by molar-refractivity contribution is 0.111. The number of imidazole rings is 1. The second kappa shape index (κ2) is 6.02. The molecule has 0 radical (unpaired) electrons. The number of fused-ring (bicyclic) bond motifs is 1. The van der Waals surface area contributed by atoms with Crippen LogP contribution in [0.2, 0.25) is 0 Å². The van der Waals surface area contributed by atoms with Crippen molar-refractivity contribution in [2.45, 2.75) is 20.3 Å². The van der Waals surface area contributed by atoms with Crippen LogP contribution in [-0.2, 0) is 0 Å². The van der Waals surface area contributed by atoms with Crippen molar-refractivity contribution in [3.05, 3.63) is 53.9 Å². The van der Waals surface area contributed by atoms with Gasteiger partial charge in [-0.1, -0.05) is 13.0 Å². The zero-order chi connectivity index (χ0) is 15.5. The number of hydrogen-bond donors (Lipinski definition) is 0. The molecule has 22 heavy (non-hydrogen) atoms. The predicted octanol–water partition coefficient (Wildman–Crippen LogP) is 3.91. The van der Waals surface area contributed by atoms with Crippen molar-refractivity contribution >= 4 is 11.9 Å². The summed E-state index contributed by atoms with van der Waals surface area (Å²) in [5, 5.41) is 0. The molecular weight excluding hydrogens is 276 g/mol. The van der Waals surface area contributed by atoms with Gasteiger partial charge in [0.2, 0.25) is 0 Å². The Balaban J connectivity index is 2.06. The molecule has 3 rings (SSSR count). The monoisotopic (exact) mass is 294 g/mol. The zero-order valence-corrected chi connectivity index (χ0v) is 12.7. The molecule has 4 heteroatoms. The maximum absolute atomic E-state index is 11.6. The number of ether oxygens (including phenoxy) is 1. The van der Waals surface area contributed by atoms with Crippen LogP contribution in [0.3, 0.4) is 0 Å². The highest BCUT2D eigenvalue weighted by molar-refractivity contribution is 5.86. The van der Waals surface area contributed by atoms with E-state index in [9.17, 15) is 4.79 Å². The molecule has 4 nitrogen and oxygen atoms in total. The highest BCUT2D eigenvalue weighted by atomic mass is 16.5. The van der Waals surface area contributed by atoms with Crippen molar-refractivity contribution in [1.82, 2.24) is 9.38 Å². The quantitative estimate of drug-likeness (QED) is 0.670. The Morgan fingerprint density at radius 3 is 2.64 bits per heavy atom. The number of hydrogen-bond acceptors (Lipinski definition) is 3. The number of aryl methyl sites for hydroxylation is 1. The third-order valence-electron chi connectivity index (χ3n) is 3.59. The van der Waals surface area contributed by atoms with Gasteiger partial charge in [0.05, 0.1) is 6.61 Å². The van der Waals surface area contributed by atoms with E-state index in [0.29, 0.717) is 18.0 Å². The van der Waals surface area contributed by atoms with Crippen LogP contribution in [0.4, 0.5) is 0 Å². The molecule has 0 saturated carbocycles. The lowest BCUT2D eigenvalue weighted by Crippen LogP contribution is -1.96. The first kappa shape index (κ1) is 14.3. The van der Waals surface area contributed by atoms with Gasteiger partial charge in [0.1, 0.15) is 22.8 Å². The van der Waals surface area contributed by atoms with Crippen LogP contribution >= 0.6 is 0 Å². The van der Waals surface area contributed by atoms with Crippen molar-refractivity contribution in [3.63, 3.8) is 0 Å².